The minimum atomic E-state index is -0.727. The van der Waals surface area contributed by atoms with Crippen molar-refractivity contribution in [3.05, 3.63) is 17.5 Å². The van der Waals surface area contributed by atoms with E-state index in [0.717, 1.165) is 18.5 Å². The Morgan fingerprint density at radius 3 is 2.79 bits per heavy atom. The van der Waals surface area contributed by atoms with Crippen LogP contribution in [0.5, 0.6) is 0 Å². The number of ether oxygens (including phenoxy) is 1. The number of hydrogen-bond acceptors (Lipinski definition) is 5. The number of nitrogens with zero attached hydrogens (tertiary/aromatic N) is 1. The van der Waals surface area contributed by atoms with E-state index in [1.165, 1.54) is 7.11 Å². The van der Waals surface area contributed by atoms with E-state index >= 15 is 0 Å². The standard InChI is InChI=1S/C13H22N2O4/c1-4-9(5-2)11-6-12(19-15-11)13(17)14-7-10(16)8-18-3/h6,9-10,16H,4-5,7-8H2,1-3H3,(H,14,17). The Morgan fingerprint density at radius 1 is 1.53 bits per heavy atom. The molecular formula is C13H22N2O4. The highest BCUT2D eigenvalue weighted by atomic mass is 16.5. The summed E-state index contributed by atoms with van der Waals surface area (Å²) in [4.78, 5) is 11.8. The largest absolute Gasteiger partial charge is 0.389 e. The molecule has 0 aliphatic heterocycles. The van der Waals surface area contributed by atoms with Crippen molar-refractivity contribution in [3.8, 4) is 0 Å². The molecule has 1 heterocycles. The Morgan fingerprint density at radius 2 is 2.21 bits per heavy atom. The van der Waals surface area contributed by atoms with Crippen molar-refractivity contribution >= 4 is 5.91 Å². The number of aliphatic hydroxyl groups excluding tert-OH is 1. The summed E-state index contributed by atoms with van der Waals surface area (Å²) in [5.74, 6) is 0.107. The lowest BCUT2D eigenvalue weighted by molar-refractivity contribution is 0.0601. The average Bonchev–Trinajstić information content (AvgIpc) is 2.87. The van der Waals surface area contributed by atoms with Crippen LogP contribution < -0.4 is 5.32 Å². The summed E-state index contributed by atoms with van der Waals surface area (Å²) in [7, 11) is 1.49. The first-order valence-corrected chi connectivity index (χ1v) is 6.54. The van der Waals surface area contributed by atoms with Crippen LogP contribution in [0.2, 0.25) is 0 Å². The van der Waals surface area contributed by atoms with Crippen molar-refractivity contribution in [1.29, 1.82) is 0 Å². The number of carbonyl (C=O) groups is 1. The van der Waals surface area contributed by atoms with Gasteiger partial charge in [0.1, 0.15) is 0 Å². The van der Waals surface area contributed by atoms with E-state index in [9.17, 15) is 9.90 Å². The molecule has 1 unspecified atom stereocenters. The van der Waals surface area contributed by atoms with E-state index in [-0.39, 0.29) is 24.8 Å². The molecule has 0 saturated carbocycles. The lowest BCUT2D eigenvalue weighted by Gasteiger charge is -2.09. The Kier molecular flexibility index (Phi) is 6.52. The summed E-state index contributed by atoms with van der Waals surface area (Å²) in [5, 5.41) is 15.9. The quantitative estimate of drug-likeness (QED) is 0.744. The van der Waals surface area contributed by atoms with Crippen molar-refractivity contribution in [2.24, 2.45) is 0 Å². The van der Waals surface area contributed by atoms with E-state index in [0.29, 0.717) is 5.92 Å². The zero-order valence-corrected chi connectivity index (χ0v) is 11.7. The highest BCUT2D eigenvalue weighted by Crippen LogP contribution is 2.22. The van der Waals surface area contributed by atoms with Crippen LogP contribution in [0.1, 0.15) is 48.9 Å². The van der Waals surface area contributed by atoms with Gasteiger partial charge in [0.15, 0.2) is 0 Å². The fraction of sp³-hybridized carbons (Fsp3) is 0.692. The van der Waals surface area contributed by atoms with E-state index in [4.69, 9.17) is 9.26 Å². The second kappa shape index (κ2) is 7.91. The van der Waals surface area contributed by atoms with Gasteiger partial charge >= 0.3 is 0 Å². The maximum absolute atomic E-state index is 11.8. The zero-order chi connectivity index (χ0) is 14.3. The summed E-state index contributed by atoms with van der Waals surface area (Å²) < 4.78 is 9.80. The smallest absolute Gasteiger partial charge is 0.289 e. The minimum Gasteiger partial charge on any atom is -0.389 e. The van der Waals surface area contributed by atoms with Crippen molar-refractivity contribution in [2.45, 2.75) is 38.7 Å². The van der Waals surface area contributed by atoms with Crippen LogP contribution in [0, 0.1) is 0 Å². The molecule has 0 aliphatic carbocycles. The molecule has 0 radical (unpaired) electrons. The van der Waals surface area contributed by atoms with Gasteiger partial charge in [0.25, 0.3) is 5.91 Å². The molecule has 19 heavy (non-hydrogen) atoms. The molecule has 0 aromatic carbocycles. The van der Waals surface area contributed by atoms with Gasteiger partial charge in [0.2, 0.25) is 5.76 Å². The first kappa shape index (κ1) is 15.7. The third-order valence-corrected chi connectivity index (χ3v) is 3.01. The van der Waals surface area contributed by atoms with Gasteiger partial charge in [-0.15, -0.1) is 0 Å². The number of aromatic nitrogens is 1. The Balaban J connectivity index is 2.53. The zero-order valence-electron chi connectivity index (χ0n) is 11.7. The molecule has 6 nitrogen and oxygen atoms in total. The predicted molar refractivity (Wildman–Crippen MR) is 70.0 cm³/mol. The molecule has 1 rings (SSSR count). The van der Waals surface area contributed by atoms with Gasteiger partial charge in [-0.3, -0.25) is 4.79 Å². The SMILES string of the molecule is CCC(CC)c1cc(C(=O)NCC(O)COC)on1. The lowest BCUT2D eigenvalue weighted by Crippen LogP contribution is -2.34. The van der Waals surface area contributed by atoms with Crippen molar-refractivity contribution in [3.63, 3.8) is 0 Å². The second-order valence-corrected chi connectivity index (χ2v) is 4.45. The molecule has 0 saturated heterocycles. The number of carbonyl (C=O) groups excluding carboxylic acids is 1. The van der Waals surface area contributed by atoms with Gasteiger partial charge in [0.05, 0.1) is 18.4 Å². The molecule has 1 aromatic heterocycles. The number of methoxy groups -OCH3 is 1. The van der Waals surface area contributed by atoms with Crippen LogP contribution in [0.3, 0.4) is 0 Å². The van der Waals surface area contributed by atoms with Crippen LogP contribution in [0.25, 0.3) is 0 Å². The van der Waals surface area contributed by atoms with Crippen LogP contribution in [0.15, 0.2) is 10.6 Å². The van der Waals surface area contributed by atoms with Gasteiger partial charge in [0, 0.05) is 25.6 Å². The Labute approximate surface area is 113 Å². The van der Waals surface area contributed by atoms with E-state index in [1.807, 2.05) is 0 Å². The third-order valence-electron chi connectivity index (χ3n) is 3.01. The molecule has 6 heteroatoms. The van der Waals surface area contributed by atoms with Gasteiger partial charge in [-0.25, -0.2) is 0 Å². The number of rotatable bonds is 8. The Bertz CT molecular complexity index is 388. The van der Waals surface area contributed by atoms with Crippen LogP contribution in [0.4, 0.5) is 0 Å². The molecule has 1 atom stereocenters. The van der Waals surface area contributed by atoms with Crippen LogP contribution >= 0.6 is 0 Å². The van der Waals surface area contributed by atoms with E-state index < -0.39 is 6.10 Å². The highest BCUT2D eigenvalue weighted by Gasteiger charge is 2.17. The molecule has 0 spiro atoms. The number of nitrogens with one attached hydrogen (secondary N) is 1. The maximum atomic E-state index is 11.8. The summed E-state index contributed by atoms with van der Waals surface area (Å²) in [6.07, 6.45) is 1.18. The topological polar surface area (TPSA) is 84.6 Å². The summed E-state index contributed by atoms with van der Waals surface area (Å²) in [6.45, 7) is 4.44. The fourth-order valence-corrected chi connectivity index (χ4v) is 1.84. The third kappa shape index (κ3) is 4.65. The van der Waals surface area contributed by atoms with Gasteiger partial charge < -0.3 is 19.7 Å². The van der Waals surface area contributed by atoms with Crippen molar-refractivity contribution in [1.82, 2.24) is 10.5 Å². The molecule has 0 bridgehead atoms. The van der Waals surface area contributed by atoms with Crippen LogP contribution in [-0.4, -0.2) is 42.5 Å². The molecule has 0 aliphatic rings. The van der Waals surface area contributed by atoms with Crippen molar-refractivity contribution in [2.75, 3.05) is 20.3 Å². The highest BCUT2D eigenvalue weighted by molar-refractivity contribution is 5.91. The van der Waals surface area contributed by atoms with E-state index in [1.54, 1.807) is 6.07 Å². The maximum Gasteiger partial charge on any atom is 0.289 e. The average molecular weight is 270 g/mol. The molecule has 1 aromatic rings. The van der Waals surface area contributed by atoms with Crippen LogP contribution in [-0.2, 0) is 4.74 Å². The molecule has 1 amide bonds. The van der Waals surface area contributed by atoms with E-state index in [2.05, 4.69) is 24.3 Å². The fourth-order valence-electron chi connectivity index (χ4n) is 1.84. The van der Waals surface area contributed by atoms with Gasteiger partial charge in [-0.05, 0) is 12.8 Å². The summed E-state index contributed by atoms with van der Waals surface area (Å²) in [6, 6.07) is 1.66. The second-order valence-electron chi connectivity index (χ2n) is 4.45. The van der Waals surface area contributed by atoms with Crippen molar-refractivity contribution < 1.29 is 19.2 Å². The monoisotopic (exact) mass is 270 g/mol. The normalized spacial score (nSPS) is 12.7. The molecule has 2 N–H and O–H groups in total. The predicted octanol–water partition coefficient (Wildman–Crippen LogP) is 1.32. The first-order valence-electron chi connectivity index (χ1n) is 6.54. The number of amides is 1. The van der Waals surface area contributed by atoms with Gasteiger partial charge in [-0.1, -0.05) is 19.0 Å². The number of hydrogen-bond donors (Lipinski definition) is 2. The molecule has 108 valence electrons. The number of aliphatic hydroxyl groups is 1. The first-order chi connectivity index (χ1) is 9.12. The minimum absolute atomic E-state index is 0.119. The van der Waals surface area contributed by atoms with Gasteiger partial charge in [-0.2, -0.15) is 0 Å². The Hall–Kier alpha value is -1.40. The summed E-state index contributed by atoms with van der Waals surface area (Å²) in [5.41, 5.74) is 0.799. The lowest BCUT2D eigenvalue weighted by atomic mass is 9.99. The molecule has 0 fully saturated rings. The molecular weight excluding hydrogens is 248 g/mol. The summed E-state index contributed by atoms with van der Waals surface area (Å²) >= 11 is 0.